The number of nitrogens with zero attached hydrogens (tertiary/aromatic N) is 5. The summed E-state index contributed by atoms with van der Waals surface area (Å²) in [5.74, 6) is -2.10. The van der Waals surface area contributed by atoms with E-state index in [0.29, 0.717) is 53.8 Å². The number of carbonyl (C=O) groups is 1. The number of rotatable bonds is 5. The van der Waals surface area contributed by atoms with E-state index in [0.717, 1.165) is 27.4 Å². The zero-order chi connectivity index (χ0) is 28.0. The standard InChI is InChI=1S/C26H24FN5O6S2/c27-17-3-2-16(20(13-17)25(34)32-6-1-11-40(32,36)37)12-19-14-28-24(39-19)22-23(33)26(35)31-15-18(4-5-21(31)29-22)30-7-9-38-10-8-30/h2-5,13-15,33H,1,6-12H2. The molecule has 0 radical (unpaired) electrons. The molecule has 0 aliphatic carbocycles. The molecule has 11 nitrogen and oxygen atoms in total. The van der Waals surface area contributed by atoms with E-state index in [1.165, 1.54) is 22.7 Å². The molecule has 2 saturated heterocycles. The fourth-order valence-electron chi connectivity index (χ4n) is 4.87. The highest BCUT2D eigenvalue weighted by Gasteiger charge is 2.34. The molecular weight excluding hydrogens is 561 g/mol. The molecule has 0 atom stereocenters. The van der Waals surface area contributed by atoms with Crippen LogP contribution in [0.15, 0.2) is 47.5 Å². The summed E-state index contributed by atoms with van der Waals surface area (Å²) in [5.41, 5.74) is 0.931. The lowest BCUT2D eigenvalue weighted by molar-refractivity contribution is 0.0868. The van der Waals surface area contributed by atoms with Gasteiger partial charge in [0.2, 0.25) is 15.8 Å². The van der Waals surface area contributed by atoms with Crippen LogP contribution in [-0.2, 0) is 21.2 Å². The second-order valence-corrected chi connectivity index (χ2v) is 12.6. The molecule has 40 heavy (non-hydrogen) atoms. The predicted octanol–water partition coefficient (Wildman–Crippen LogP) is 2.27. The van der Waals surface area contributed by atoms with Gasteiger partial charge >= 0.3 is 5.56 Å². The Kier molecular flexibility index (Phi) is 6.76. The molecular formula is C26H24FN5O6S2. The number of morpholine rings is 1. The lowest BCUT2D eigenvalue weighted by atomic mass is 10.0. The van der Waals surface area contributed by atoms with Crippen molar-refractivity contribution in [1.29, 1.82) is 0 Å². The number of benzene rings is 1. The van der Waals surface area contributed by atoms with E-state index in [9.17, 15) is 27.5 Å². The molecule has 5 heterocycles. The van der Waals surface area contributed by atoms with E-state index >= 15 is 0 Å². The number of thiazole rings is 1. The third-order valence-corrected chi connectivity index (χ3v) is 9.74. The van der Waals surface area contributed by atoms with Gasteiger partial charge in [0.25, 0.3) is 5.91 Å². The summed E-state index contributed by atoms with van der Waals surface area (Å²) in [6, 6.07) is 7.24. The van der Waals surface area contributed by atoms with Crippen LogP contribution in [0.4, 0.5) is 10.1 Å². The van der Waals surface area contributed by atoms with Crippen molar-refractivity contribution < 1.29 is 27.4 Å². The smallest absolute Gasteiger partial charge is 0.300 e. The molecule has 2 aliphatic rings. The molecule has 14 heteroatoms. The summed E-state index contributed by atoms with van der Waals surface area (Å²) >= 11 is 1.15. The van der Waals surface area contributed by atoms with Gasteiger partial charge in [-0.15, -0.1) is 11.3 Å². The third-order valence-electron chi connectivity index (χ3n) is 6.91. The van der Waals surface area contributed by atoms with Gasteiger partial charge < -0.3 is 14.7 Å². The summed E-state index contributed by atoms with van der Waals surface area (Å²) in [6.07, 6.45) is 3.64. The van der Waals surface area contributed by atoms with Gasteiger partial charge in [0.1, 0.15) is 22.2 Å². The fraction of sp³-hybridized carbons (Fsp3) is 0.308. The third kappa shape index (κ3) is 4.82. The van der Waals surface area contributed by atoms with Crippen molar-refractivity contribution in [2.75, 3.05) is 43.5 Å². The van der Waals surface area contributed by atoms with Crippen molar-refractivity contribution in [3.05, 3.63) is 74.9 Å². The van der Waals surface area contributed by atoms with E-state index in [2.05, 4.69) is 14.9 Å². The first-order valence-corrected chi connectivity index (χ1v) is 15.0. The highest BCUT2D eigenvalue weighted by atomic mass is 32.2. The van der Waals surface area contributed by atoms with Crippen molar-refractivity contribution in [3.8, 4) is 16.5 Å². The first kappa shape index (κ1) is 26.3. The molecule has 1 amide bonds. The van der Waals surface area contributed by atoms with Crippen molar-refractivity contribution in [2.24, 2.45) is 0 Å². The highest BCUT2D eigenvalue weighted by molar-refractivity contribution is 7.89. The van der Waals surface area contributed by atoms with E-state index < -0.39 is 33.1 Å². The Hall–Kier alpha value is -3.88. The van der Waals surface area contributed by atoms with Gasteiger partial charge in [-0.25, -0.2) is 27.1 Å². The molecule has 1 N–H and O–H groups in total. The van der Waals surface area contributed by atoms with E-state index in [1.54, 1.807) is 12.3 Å². The molecule has 208 valence electrons. The Morgan fingerprint density at radius 3 is 2.70 bits per heavy atom. The van der Waals surface area contributed by atoms with E-state index in [1.807, 2.05) is 6.07 Å². The maximum absolute atomic E-state index is 14.1. The van der Waals surface area contributed by atoms with Gasteiger partial charge in [-0.2, -0.15) is 0 Å². The first-order chi connectivity index (χ1) is 19.2. The molecule has 4 aromatic rings. The van der Waals surface area contributed by atoms with Crippen LogP contribution in [0.1, 0.15) is 27.2 Å². The van der Waals surface area contributed by atoms with Gasteiger partial charge in [-0.3, -0.25) is 14.0 Å². The Bertz CT molecular complexity index is 1800. The number of anilines is 1. The molecule has 3 aromatic heterocycles. The van der Waals surface area contributed by atoms with Gasteiger partial charge in [-0.05, 0) is 36.2 Å². The van der Waals surface area contributed by atoms with Gasteiger partial charge in [0.15, 0.2) is 0 Å². The first-order valence-electron chi connectivity index (χ1n) is 12.6. The summed E-state index contributed by atoms with van der Waals surface area (Å²) in [5, 5.41) is 11.0. The molecule has 0 unspecified atom stereocenters. The van der Waals surface area contributed by atoms with Crippen LogP contribution in [0.2, 0.25) is 0 Å². The van der Waals surface area contributed by atoms with Gasteiger partial charge in [0.05, 0.1) is 24.7 Å². The molecule has 6 rings (SSSR count). The number of fused-ring (bicyclic) bond motifs is 1. The minimum atomic E-state index is -3.73. The maximum atomic E-state index is 14.1. The second-order valence-electron chi connectivity index (χ2n) is 9.49. The lowest BCUT2D eigenvalue weighted by Crippen LogP contribution is -2.36. The fourth-order valence-corrected chi connectivity index (χ4v) is 7.26. The maximum Gasteiger partial charge on any atom is 0.300 e. The van der Waals surface area contributed by atoms with Crippen molar-refractivity contribution in [1.82, 2.24) is 18.7 Å². The van der Waals surface area contributed by atoms with Crippen LogP contribution in [0, 0.1) is 5.82 Å². The minimum absolute atomic E-state index is 0.0268. The number of hydrogen-bond donors (Lipinski definition) is 1. The average Bonchev–Trinajstić information content (AvgIpc) is 3.57. The molecule has 0 saturated carbocycles. The average molecular weight is 586 g/mol. The molecule has 1 aromatic carbocycles. The number of carbonyl (C=O) groups excluding carboxylic acids is 1. The summed E-state index contributed by atoms with van der Waals surface area (Å²) < 4.78 is 46.1. The highest BCUT2D eigenvalue weighted by Crippen LogP contribution is 2.31. The van der Waals surface area contributed by atoms with Crippen LogP contribution in [0.5, 0.6) is 5.75 Å². The van der Waals surface area contributed by atoms with Crippen LogP contribution in [0.25, 0.3) is 16.3 Å². The summed E-state index contributed by atoms with van der Waals surface area (Å²) in [6.45, 7) is 2.61. The number of amides is 1. The monoisotopic (exact) mass is 585 g/mol. The lowest BCUT2D eigenvalue weighted by Gasteiger charge is -2.28. The van der Waals surface area contributed by atoms with Crippen LogP contribution in [-0.4, -0.2) is 76.7 Å². The van der Waals surface area contributed by atoms with Crippen LogP contribution in [0.3, 0.4) is 0 Å². The normalized spacial score (nSPS) is 17.0. The quantitative estimate of drug-likeness (QED) is 0.374. The van der Waals surface area contributed by atoms with Crippen molar-refractivity contribution in [2.45, 2.75) is 12.8 Å². The Morgan fingerprint density at radius 2 is 1.95 bits per heavy atom. The zero-order valence-electron chi connectivity index (χ0n) is 21.1. The Morgan fingerprint density at radius 1 is 1.15 bits per heavy atom. The van der Waals surface area contributed by atoms with Crippen molar-refractivity contribution >= 4 is 38.6 Å². The van der Waals surface area contributed by atoms with Gasteiger partial charge in [0, 0.05) is 48.9 Å². The van der Waals surface area contributed by atoms with Crippen LogP contribution >= 0.6 is 11.3 Å². The number of pyridine rings is 1. The largest absolute Gasteiger partial charge is 0.501 e. The number of hydrogen-bond acceptors (Lipinski definition) is 10. The summed E-state index contributed by atoms with van der Waals surface area (Å²) in [7, 11) is -3.73. The molecule has 0 spiro atoms. The Labute approximate surface area is 232 Å². The van der Waals surface area contributed by atoms with E-state index in [-0.39, 0.29) is 30.0 Å². The number of halogens is 1. The van der Waals surface area contributed by atoms with Gasteiger partial charge in [-0.1, -0.05) is 6.07 Å². The number of sulfonamides is 1. The summed E-state index contributed by atoms with van der Waals surface area (Å²) in [4.78, 5) is 37.7. The second kappa shape index (κ2) is 10.3. The van der Waals surface area contributed by atoms with E-state index in [4.69, 9.17) is 4.74 Å². The predicted molar refractivity (Wildman–Crippen MR) is 146 cm³/mol. The Balaban J connectivity index is 1.30. The number of aromatic hydroxyl groups is 1. The minimum Gasteiger partial charge on any atom is -0.501 e. The molecule has 2 aliphatic heterocycles. The molecule has 2 fully saturated rings. The molecule has 0 bridgehead atoms. The SMILES string of the molecule is O=C(c1cc(F)ccc1Cc1cnc(-c2nc3ccc(N4CCOCC4)cn3c(=O)c2O)s1)N1CCCS1(=O)=O. The van der Waals surface area contributed by atoms with Crippen LogP contribution < -0.4 is 10.5 Å². The topological polar surface area (TPSA) is 134 Å². The van der Waals surface area contributed by atoms with Crippen molar-refractivity contribution in [3.63, 3.8) is 0 Å². The zero-order valence-corrected chi connectivity index (χ0v) is 22.8. The number of aromatic nitrogens is 3. The number of ether oxygens (including phenoxy) is 1.